The molecule has 0 aromatic carbocycles. The average Bonchev–Trinajstić information content (AvgIpc) is 2.56. The number of hydrogen-bond donors (Lipinski definition) is 0. The summed E-state index contributed by atoms with van der Waals surface area (Å²) in [5.74, 6) is -0.442. The van der Waals surface area contributed by atoms with E-state index in [4.69, 9.17) is 4.74 Å². The van der Waals surface area contributed by atoms with E-state index >= 15 is 0 Å². The molecule has 0 saturated heterocycles. The van der Waals surface area contributed by atoms with Gasteiger partial charge in [0, 0.05) is 6.54 Å². The van der Waals surface area contributed by atoms with Crippen LogP contribution in [0.3, 0.4) is 0 Å². The third-order valence-electron chi connectivity index (χ3n) is 2.41. The lowest BCUT2D eigenvalue weighted by atomic mass is 10.1. The van der Waals surface area contributed by atoms with Crippen molar-refractivity contribution in [2.75, 3.05) is 13.7 Å². The van der Waals surface area contributed by atoms with Crippen molar-refractivity contribution >= 4 is 12.1 Å². The van der Waals surface area contributed by atoms with Crippen LogP contribution in [0, 0.1) is 0 Å². The number of nitrogens with zero attached hydrogens (tertiary/aromatic N) is 1. The Morgan fingerprint density at radius 3 is 2.47 bits per heavy atom. The van der Waals surface area contributed by atoms with E-state index in [0.717, 1.165) is 5.57 Å². The molecule has 0 spiro atoms. The van der Waals surface area contributed by atoms with Crippen LogP contribution in [0.4, 0.5) is 4.79 Å². The van der Waals surface area contributed by atoms with Gasteiger partial charge in [0.1, 0.15) is 5.60 Å². The molecule has 0 aliphatic carbocycles. The minimum absolute atomic E-state index is 0.376. The predicted octanol–water partition coefficient (Wildman–Crippen LogP) is 1.72. The molecule has 0 N–H and O–H groups in total. The summed E-state index contributed by atoms with van der Waals surface area (Å²) >= 11 is 0. The second kappa shape index (κ2) is 4.77. The molecule has 1 heterocycles. The minimum Gasteiger partial charge on any atom is -0.467 e. The smallest absolute Gasteiger partial charge is 0.411 e. The third-order valence-corrected chi connectivity index (χ3v) is 2.41. The molecule has 1 aliphatic heterocycles. The van der Waals surface area contributed by atoms with Crippen molar-refractivity contribution < 1.29 is 19.1 Å². The first-order chi connectivity index (χ1) is 7.76. The minimum atomic E-state index is -0.658. The number of esters is 1. The van der Waals surface area contributed by atoms with Gasteiger partial charge in [-0.15, -0.1) is 0 Å². The van der Waals surface area contributed by atoms with Crippen molar-refractivity contribution in [3.63, 3.8) is 0 Å². The Morgan fingerprint density at radius 2 is 2.00 bits per heavy atom. The van der Waals surface area contributed by atoms with Crippen LogP contribution in [0.25, 0.3) is 0 Å². The Morgan fingerprint density at radius 1 is 1.41 bits per heavy atom. The zero-order chi connectivity index (χ0) is 13.2. The molecule has 0 saturated carbocycles. The third kappa shape index (κ3) is 3.22. The van der Waals surface area contributed by atoms with E-state index < -0.39 is 23.7 Å². The Balaban J connectivity index is 2.78. The van der Waals surface area contributed by atoms with Gasteiger partial charge >= 0.3 is 12.1 Å². The van der Waals surface area contributed by atoms with Gasteiger partial charge in [-0.25, -0.2) is 9.59 Å². The summed E-state index contributed by atoms with van der Waals surface area (Å²) in [5.41, 5.74) is 0.233. The van der Waals surface area contributed by atoms with Gasteiger partial charge in [0.05, 0.1) is 7.11 Å². The first-order valence-electron chi connectivity index (χ1n) is 5.50. The first kappa shape index (κ1) is 13.5. The van der Waals surface area contributed by atoms with E-state index in [-0.39, 0.29) is 0 Å². The number of carbonyl (C=O) groups is 2. The van der Waals surface area contributed by atoms with Crippen LogP contribution in [0.15, 0.2) is 11.6 Å². The summed E-state index contributed by atoms with van der Waals surface area (Å²) in [6.45, 7) is 7.53. The summed E-state index contributed by atoms with van der Waals surface area (Å²) in [6.07, 6.45) is 1.33. The van der Waals surface area contributed by atoms with Gasteiger partial charge in [-0.1, -0.05) is 6.08 Å². The van der Waals surface area contributed by atoms with E-state index in [1.807, 2.05) is 6.08 Å². The van der Waals surface area contributed by atoms with E-state index in [1.165, 1.54) is 12.0 Å². The standard InChI is InChI=1S/C12H19NO4/c1-8-6-7-13(9(8)10(14)16-5)11(15)17-12(2,3)4/h6,9H,7H2,1-5H3. The van der Waals surface area contributed by atoms with Crippen LogP contribution in [0.5, 0.6) is 0 Å². The first-order valence-corrected chi connectivity index (χ1v) is 5.50. The van der Waals surface area contributed by atoms with Crippen LogP contribution in [-0.4, -0.2) is 42.3 Å². The largest absolute Gasteiger partial charge is 0.467 e. The fourth-order valence-corrected chi connectivity index (χ4v) is 1.63. The molecule has 1 atom stereocenters. The highest BCUT2D eigenvalue weighted by atomic mass is 16.6. The maximum absolute atomic E-state index is 11.9. The van der Waals surface area contributed by atoms with Gasteiger partial charge in [0.25, 0.3) is 0 Å². The maximum atomic E-state index is 11.9. The number of rotatable bonds is 1. The molecule has 5 heteroatoms. The summed E-state index contributed by atoms with van der Waals surface area (Å²) < 4.78 is 9.93. The molecule has 1 rings (SSSR count). The van der Waals surface area contributed by atoms with Crippen molar-refractivity contribution in [1.82, 2.24) is 4.90 Å². The average molecular weight is 241 g/mol. The molecule has 0 bridgehead atoms. The van der Waals surface area contributed by atoms with E-state index in [0.29, 0.717) is 6.54 Å². The highest BCUT2D eigenvalue weighted by molar-refractivity contribution is 5.85. The Kier molecular flexibility index (Phi) is 3.80. The van der Waals surface area contributed by atoms with Crippen LogP contribution in [0.1, 0.15) is 27.7 Å². The van der Waals surface area contributed by atoms with Gasteiger partial charge < -0.3 is 9.47 Å². The number of carbonyl (C=O) groups excluding carboxylic acids is 2. The van der Waals surface area contributed by atoms with Crippen LogP contribution in [0.2, 0.25) is 0 Å². The van der Waals surface area contributed by atoms with Gasteiger partial charge in [-0.2, -0.15) is 0 Å². The Labute approximate surface area is 101 Å². The van der Waals surface area contributed by atoms with E-state index in [9.17, 15) is 9.59 Å². The molecular formula is C12H19NO4. The van der Waals surface area contributed by atoms with Crippen molar-refractivity contribution in [3.05, 3.63) is 11.6 Å². The van der Waals surface area contributed by atoms with Crippen molar-refractivity contribution in [1.29, 1.82) is 0 Å². The lowest BCUT2D eigenvalue weighted by Crippen LogP contribution is -2.45. The normalized spacial score (nSPS) is 19.9. The SMILES string of the molecule is COC(=O)C1C(C)=CCN1C(=O)OC(C)(C)C. The Hall–Kier alpha value is -1.52. The number of ether oxygens (including phenoxy) is 2. The van der Waals surface area contributed by atoms with Gasteiger partial charge in [-0.05, 0) is 33.3 Å². The molecule has 0 aromatic heterocycles. The second-order valence-corrected chi connectivity index (χ2v) is 5.01. The van der Waals surface area contributed by atoms with Gasteiger partial charge in [0.2, 0.25) is 0 Å². The van der Waals surface area contributed by atoms with Crippen molar-refractivity contribution in [3.8, 4) is 0 Å². The molecule has 0 aromatic rings. The van der Waals surface area contributed by atoms with E-state index in [2.05, 4.69) is 4.74 Å². The zero-order valence-corrected chi connectivity index (χ0v) is 10.9. The van der Waals surface area contributed by atoms with Crippen molar-refractivity contribution in [2.24, 2.45) is 0 Å². The predicted molar refractivity (Wildman–Crippen MR) is 62.5 cm³/mol. The summed E-state index contributed by atoms with van der Waals surface area (Å²) in [7, 11) is 1.31. The quantitative estimate of drug-likeness (QED) is 0.518. The van der Waals surface area contributed by atoms with Crippen LogP contribution >= 0.6 is 0 Å². The fourth-order valence-electron chi connectivity index (χ4n) is 1.63. The summed E-state index contributed by atoms with van der Waals surface area (Å²) in [4.78, 5) is 24.9. The molecule has 0 radical (unpaired) electrons. The zero-order valence-electron chi connectivity index (χ0n) is 10.9. The number of hydrogen-bond acceptors (Lipinski definition) is 4. The molecule has 1 aliphatic rings. The van der Waals surface area contributed by atoms with Gasteiger partial charge in [0.15, 0.2) is 6.04 Å². The molecule has 0 fully saturated rings. The van der Waals surface area contributed by atoms with Crippen molar-refractivity contribution in [2.45, 2.75) is 39.3 Å². The molecule has 5 nitrogen and oxygen atoms in total. The van der Waals surface area contributed by atoms with Crippen LogP contribution in [-0.2, 0) is 14.3 Å². The highest BCUT2D eigenvalue weighted by Gasteiger charge is 2.37. The van der Waals surface area contributed by atoms with Gasteiger partial charge in [-0.3, -0.25) is 4.90 Å². The number of methoxy groups -OCH3 is 1. The maximum Gasteiger partial charge on any atom is 0.411 e. The molecule has 96 valence electrons. The molecule has 17 heavy (non-hydrogen) atoms. The molecular weight excluding hydrogens is 222 g/mol. The summed E-state index contributed by atoms with van der Waals surface area (Å²) in [6, 6.07) is -0.658. The van der Waals surface area contributed by atoms with E-state index in [1.54, 1.807) is 27.7 Å². The monoisotopic (exact) mass is 241 g/mol. The number of amides is 1. The second-order valence-electron chi connectivity index (χ2n) is 5.01. The Bertz CT molecular complexity index is 354. The lowest BCUT2D eigenvalue weighted by molar-refractivity contribution is -0.144. The lowest BCUT2D eigenvalue weighted by Gasteiger charge is -2.28. The topological polar surface area (TPSA) is 55.8 Å². The highest BCUT2D eigenvalue weighted by Crippen LogP contribution is 2.22. The van der Waals surface area contributed by atoms with Crippen LogP contribution < -0.4 is 0 Å². The molecule has 1 unspecified atom stereocenters. The molecule has 1 amide bonds. The fraction of sp³-hybridized carbons (Fsp3) is 0.667. The summed E-state index contributed by atoms with van der Waals surface area (Å²) in [5, 5.41) is 0.